The Hall–Kier alpha value is -0.450. The Morgan fingerprint density at radius 2 is 2.20 bits per heavy atom. The Morgan fingerprint density at radius 1 is 1.47 bits per heavy atom. The summed E-state index contributed by atoms with van der Waals surface area (Å²) < 4.78 is 5.60. The van der Waals surface area contributed by atoms with Crippen LogP contribution in [-0.4, -0.2) is 24.0 Å². The van der Waals surface area contributed by atoms with E-state index in [4.69, 9.17) is 9.52 Å². The van der Waals surface area contributed by atoms with E-state index in [1.54, 1.807) is 11.8 Å². The van der Waals surface area contributed by atoms with E-state index in [0.29, 0.717) is 6.54 Å². The molecule has 1 aromatic rings. The zero-order chi connectivity index (χ0) is 11.1. The van der Waals surface area contributed by atoms with Crippen LogP contribution in [0.2, 0.25) is 0 Å². The first-order valence-electron chi connectivity index (χ1n) is 5.21. The third-order valence-electron chi connectivity index (χ3n) is 2.28. The molecular weight excluding hydrogens is 210 g/mol. The molecule has 4 heteroatoms. The van der Waals surface area contributed by atoms with Crippen molar-refractivity contribution in [2.75, 3.05) is 12.9 Å². The highest BCUT2D eigenvalue weighted by molar-refractivity contribution is 7.97. The highest BCUT2D eigenvalue weighted by Crippen LogP contribution is 2.13. The lowest BCUT2D eigenvalue weighted by Crippen LogP contribution is -2.30. The molecule has 86 valence electrons. The quantitative estimate of drug-likeness (QED) is 0.750. The maximum atomic E-state index is 9.00. The molecule has 0 amide bonds. The smallest absolute Gasteiger partial charge is 0.118 e. The van der Waals surface area contributed by atoms with Gasteiger partial charge in [0.15, 0.2) is 0 Å². The molecule has 0 aromatic carbocycles. The van der Waals surface area contributed by atoms with E-state index < -0.39 is 0 Å². The number of thioether (sulfide) groups is 1. The summed E-state index contributed by atoms with van der Waals surface area (Å²) in [6.45, 7) is 2.91. The minimum Gasteiger partial charge on any atom is -0.464 e. The summed E-state index contributed by atoms with van der Waals surface area (Å²) >= 11 is 1.75. The summed E-state index contributed by atoms with van der Waals surface area (Å²) in [5, 5.41) is 12.2. The molecule has 0 aliphatic heterocycles. The maximum Gasteiger partial charge on any atom is 0.118 e. The second kappa shape index (κ2) is 6.93. The highest BCUT2D eigenvalue weighted by atomic mass is 32.2. The van der Waals surface area contributed by atoms with Crippen molar-refractivity contribution in [3.63, 3.8) is 0 Å². The van der Waals surface area contributed by atoms with Gasteiger partial charge < -0.3 is 14.8 Å². The number of aliphatic hydroxyl groups excluding tert-OH is 1. The third-order valence-corrected chi connectivity index (χ3v) is 2.86. The largest absolute Gasteiger partial charge is 0.464 e. The average molecular weight is 229 g/mol. The molecule has 0 radical (unpaired) electrons. The van der Waals surface area contributed by atoms with Crippen LogP contribution in [0.15, 0.2) is 16.5 Å². The summed E-state index contributed by atoms with van der Waals surface area (Å²) in [4.78, 5) is 0. The summed E-state index contributed by atoms with van der Waals surface area (Å²) in [7, 11) is 0. The van der Waals surface area contributed by atoms with E-state index in [-0.39, 0.29) is 12.6 Å². The fraction of sp³-hybridized carbons (Fsp3) is 0.636. The molecule has 2 N–H and O–H groups in total. The van der Waals surface area contributed by atoms with Gasteiger partial charge in [0.1, 0.15) is 11.5 Å². The Balaban J connectivity index is 2.36. The van der Waals surface area contributed by atoms with Crippen molar-refractivity contribution in [1.29, 1.82) is 0 Å². The van der Waals surface area contributed by atoms with Gasteiger partial charge in [-0.05, 0) is 24.8 Å². The first-order chi connectivity index (χ1) is 7.30. The van der Waals surface area contributed by atoms with Crippen LogP contribution in [0.5, 0.6) is 0 Å². The van der Waals surface area contributed by atoms with Gasteiger partial charge in [-0.2, -0.15) is 11.8 Å². The predicted octanol–water partition coefficient (Wildman–Crippen LogP) is 2.00. The molecule has 1 unspecified atom stereocenters. The zero-order valence-electron chi connectivity index (χ0n) is 9.32. The molecule has 0 spiro atoms. The van der Waals surface area contributed by atoms with Crippen LogP contribution in [0.4, 0.5) is 0 Å². The van der Waals surface area contributed by atoms with Gasteiger partial charge in [0.05, 0.1) is 18.9 Å². The highest BCUT2D eigenvalue weighted by Gasteiger charge is 2.05. The molecule has 0 aliphatic rings. The molecule has 0 saturated heterocycles. The van der Waals surface area contributed by atoms with E-state index in [9.17, 15) is 0 Å². The van der Waals surface area contributed by atoms with Gasteiger partial charge in [0, 0.05) is 6.04 Å². The molecule has 1 heterocycles. The van der Waals surface area contributed by atoms with E-state index in [1.807, 2.05) is 12.1 Å². The SMILES string of the molecule is CCC(CO)NCc1ccc(CSC)o1. The first kappa shape index (κ1) is 12.6. The molecule has 0 aliphatic carbocycles. The van der Waals surface area contributed by atoms with Gasteiger partial charge in [-0.3, -0.25) is 0 Å². The number of furan rings is 1. The predicted molar refractivity (Wildman–Crippen MR) is 63.9 cm³/mol. The monoisotopic (exact) mass is 229 g/mol. The molecule has 1 aromatic heterocycles. The van der Waals surface area contributed by atoms with Crippen LogP contribution in [0.25, 0.3) is 0 Å². The lowest BCUT2D eigenvalue weighted by atomic mass is 10.2. The van der Waals surface area contributed by atoms with E-state index >= 15 is 0 Å². The van der Waals surface area contributed by atoms with Gasteiger partial charge in [0.2, 0.25) is 0 Å². The molecule has 1 atom stereocenters. The van der Waals surface area contributed by atoms with Crippen LogP contribution >= 0.6 is 11.8 Å². The molecular formula is C11H19NO2S. The van der Waals surface area contributed by atoms with Crippen molar-refractivity contribution in [1.82, 2.24) is 5.32 Å². The van der Waals surface area contributed by atoms with Crippen LogP contribution in [0.1, 0.15) is 24.9 Å². The van der Waals surface area contributed by atoms with Crippen LogP contribution in [0.3, 0.4) is 0 Å². The van der Waals surface area contributed by atoms with Crippen LogP contribution in [0, 0.1) is 0 Å². The van der Waals surface area contributed by atoms with Crippen molar-refractivity contribution in [2.24, 2.45) is 0 Å². The Bertz CT molecular complexity index is 271. The Labute approximate surface area is 95.2 Å². The molecule has 0 saturated carbocycles. The van der Waals surface area contributed by atoms with Crippen LogP contribution < -0.4 is 5.32 Å². The Morgan fingerprint density at radius 3 is 2.80 bits per heavy atom. The molecule has 15 heavy (non-hydrogen) atoms. The lowest BCUT2D eigenvalue weighted by Gasteiger charge is -2.12. The second-order valence-corrected chi connectivity index (χ2v) is 4.34. The standard InChI is InChI=1S/C11H19NO2S/c1-3-9(7-13)12-6-10-4-5-11(14-10)8-15-2/h4-5,9,12-13H,3,6-8H2,1-2H3. The second-order valence-electron chi connectivity index (χ2n) is 3.47. The average Bonchev–Trinajstić information content (AvgIpc) is 2.68. The summed E-state index contributed by atoms with van der Waals surface area (Å²) in [5.41, 5.74) is 0. The summed E-state index contributed by atoms with van der Waals surface area (Å²) in [6, 6.07) is 4.16. The van der Waals surface area contributed by atoms with Crippen molar-refractivity contribution in [2.45, 2.75) is 31.7 Å². The van der Waals surface area contributed by atoms with Crippen molar-refractivity contribution < 1.29 is 9.52 Å². The zero-order valence-corrected chi connectivity index (χ0v) is 10.1. The molecule has 1 rings (SSSR count). The summed E-state index contributed by atoms with van der Waals surface area (Å²) in [6.07, 6.45) is 2.98. The van der Waals surface area contributed by atoms with E-state index in [0.717, 1.165) is 23.7 Å². The van der Waals surface area contributed by atoms with Gasteiger partial charge in [-0.1, -0.05) is 6.92 Å². The summed E-state index contributed by atoms with van der Waals surface area (Å²) in [5.74, 6) is 2.86. The fourth-order valence-electron chi connectivity index (χ4n) is 1.32. The van der Waals surface area contributed by atoms with Gasteiger partial charge in [0.25, 0.3) is 0 Å². The van der Waals surface area contributed by atoms with E-state index in [2.05, 4.69) is 18.5 Å². The third kappa shape index (κ3) is 4.28. The van der Waals surface area contributed by atoms with Gasteiger partial charge in [-0.25, -0.2) is 0 Å². The number of hydrogen-bond acceptors (Lipinski definition) is 4. The number of nitrogens with one attached hydrogen (secondary N) is 1. The van der Waals surface area contributed by atoms with Crippen molar-refractivity contribution >= 4 is 11.8 Å². The molecule has 3 nitrogen and oxygen atoms in total. The van der Waals surface area contributed by atoms with Crippen molar-refractivity contribution in [3.8, 4) is 0 Å². The van der Waals surface area contributed by atoms with Gasteiger partial charge in [-0.15, -0.1) is 0 Å². The Kier molecular flexibility index (Phi) is 5.83. The van der Waals surface area contributed by atoms with Crippen molar-refractivity contribution in [3.05, 3.63) is 23.7 Å². The van der Waals surface area contributed by atoms with Crippen LogP contribution in [-0.2, 0) is 12.3 Å². The lowest BCUT2D eigenvalue weighted by molar-refractivity contribution is 0.235. The molecule has 0 bridgehead atoms. The minimum absolute atomic E-state index is 0.166. The fourth-order valence-corrected chi connectivity index (χ4v) is 1.76. The number of rotatable bonds is 7. The normalized spacial score (nSPS) is 13.0. The van der Waals surface area contributed by atoms with Gasteiger partial charge >= 0.3 is 0 Å². The van der Waals surface area contributed by atoms with E-state index in [1.165, 1.54) is 0 Å². The maximum absolute atomic E-state index is 9.00. The number of aliphatic hydroxyl groups is 1. The topological polar surface area (TPSA) is 45.4 Å². The number of hydrogen-bond donors (Lipinski definition) is 2. The minimum atomic E-state index is 0.166. The first-order valence-corrected chi connectivity index (χ1v) is 6.60. The molecule has 0 fully saturated rings.